The van der Waals surface area contributed by atoms with Gasteiger partial charge in [-0.2, -0.15) is 0 Å². The van der Waals surface area contributed by atoms with Crippen molar-refractivity contribution in [3.8, 4) is 5.75 Å². The van der Waals surface area contributed by atoms with Crippen LogP contribution in [0.4, 0.5) is 0 Å². The van der Waals surface area contributed by atoms with Gasteiger partial charge in [0.05, 0.1) is 12.3 Å². The minimum absolute atomic E-state index is 0.121. The third-order valence-corrected chi connectivity index (χ3v) is 4.27. The molecule has 3 rings (SSSR count). The molecular weight excluding hydrogens is 250 g/mol. The molecule has 0 bridgehead atoms. The number of hydrogen-bond donors (Lipinski definition) is 2. The number of nitrogens with zero attached hydrogens (tertiary/aromatic N) is 1. The van der Waals surface area contributed by atoms with E-state index in [9.17, 15) is 10.2 Å². The lowest BCUT2D eigenvalue weighted by atomic mass is 9.74. The van der Waals surface area contributed by atoms with Crippen molar-refractivity contribution >= 4 is 0 Å². The summed E-state index contributed by atoms with van der Waals surface area (Å²) in [5.41, 5.74) is 2.93. The Morgan fingerprint density at radius 1 is 1.25 bits per heavy atom. The van der Waals surface area contributed by atoms with Gasteiger partial charge in [-0.05, 0) is 36.3 Å². The second-order valence-electron chi connectivity index (χ2n) is 5.71. The fraction of sp³-hybridized carbons (Fsp3) is 0.353. The van der Waals surface area contributed by atoms with Crippen LogP contribution in [-0.2, 0) is 12.8 Å². The topological polar surface area (TPSA) is 53.4 Å². The molecule has 0 saturated heterocycles. The number of aliphatic hydroxyl groups excluding tert-OH is 1. The van der Waals surface area contributed by atoms with Gasteiger partial charge >= 0.3 is 0 Å². The van der Waals surface area contributed by atoms with Gasteiger partial charge in [-0.3, -0.25) is 4.98 Å². The third-order valence-electron chi connectivity index (χ3n) is 4.27. The molecule has 0 fully saturated rings. The van der Waals surface area contributed by atoms with Crippen LogP contribution in [0.1, 0.15) is 29.8 Å². The molecule has 3 heteroatoms. The Labute approximate surface area is 118 Å². The molecular formula is C17H19NO2. The van der Waals surface area contributed by atoms with E-state index in [1.807, 2.05) is 18.2 Å². The van der Waals surface area contributed by atoms with Crippen LogP contribution in [0.15, 0.2) is 42.6 Å². The van der Waals surface area contributed by atoms with E-state index in [1.54, 1.807) is 6.07 Å². The van der Waals surface area contributed by atoms with Gasteiger partial charge in [0.1, 0.15) is 5.75 Å². The van der Waals surface area contributed by atoms with Crippen LogP contribution < -0.4 is 0 Å². The molecule has 0 saturated carbocycles. The van der Waals surface area contributed by atoms with Crippen LogP contribution in [0.25, 0.3) is 0 Å². The molecule has 0 spiro atoms. The Morgan fingerprint density at radius 2 is 2.00 bits per heavy atom. The maximum Gasteiger partial charge on any atom is 0.134 e. The molecule has 0 aliphatic heterocycles. The zero-order valence-corrected chi connectivity index (χ0v) is 11.5. The number of benzene rings is 1. The highest BCUT2D eigenvalue weighted by atomic mass is 16.3. The fourth-order valence-electron chi connectivity index (χ4n) is 3.12. The summed E-state index contributed by atoms with van der Waals surface area (Å²) in [7, 11) is 0. The number of hydrogen-bond acceptors (Lipinski definition) is 3. The Morgan fingerprint density at radius 3 is 2.75 bits per heavy atom. The average molecular weight is 269 g/mol. The Balaban J connectivity index is 1.89. The normalized spacial score (nSPS) is 25.2. The largest absolute Gasteiger partial charge is 0.506 e. The highest BCUT2D eigenvalue weighted by Crippen LogP contribution is 2.39. The molecule has 3 nitrogen and oxygen atoms in total. The van der Waals surface area contributed by atoms with E-state index in [2.05, 4.69) is 24.0 Å². The van der Waals surface area contributed by atoms with E-state index in [4.69, 9.17) is 0 Å². The maximum absolute atomic E-state index is 10.6. The molecule has 1 heterocycles. The maximum atomic E-state index is 10.6. The molecule has 20 heavy (non-hydrogen) atoms. The number of aromatic nitrogens is 1. The predicted octanol–water partition coefficient (Wildman–Crippen LogP) is 2.87. The van der Waals surface area contributed by atoms with Gasteiger partial charge < -0.3 is 10.2 Å². The molecule has 3 atom stereocenters. The van der Waals surface area contributed by atoms with Crippen molar-refractivity contribution in [1.82, 2.24) is 4.98 Å². The summed E-state index contributed by atoms with van der Waals surface area (Å²) < 4.78 is 0. The van der Waals surface area contributed by atoms with Crippen molar-refractivity contribution in [2.75, 3.05) is 0 Å². The highest BCUT2D eigenvalue weighted by Gasteiger charge is 2.34. The molecule has 1 aromatic carbocycles. The summed E-state index contributed by atoms with van der Waals surface area (Å²) in [6, 6.07) is 11.9. The molecule has 1 aromatic heterocycles. The van der Waals surface area contributed by atoms with E-state index in [0.29, 0.717) is 5.92 Å². The van der Waals surface area contributed by atoms with Gasteiger partial charge in [0.2, 0.25) is 0 Å². The van der Waals surface area contributed by atoms with Crippen LogP contribution in [0.2, 0.25) is 0 Å². The van der Waals surface area contributed by atoms with E-state index in [-0.39, 0.29) is 11.7 Å². The Bertz CT molecular complexity index is 597. The molecule has 0 radical (unpaired) electrons. The van der Waals surface area contributed by atoms with Gasteiger partial charge in [0.15, 0.2) is 0 Å². The summed E-state index contributed by atoms with van der Waals surface area (Å²) in [5.74, 6) is 0.652. The van der Waals surface area contributed by atoms with Crippen LogP contribution in [-0.4, -0.2) is 15.2 Å². The molecule has 1 aliphatic rings. The SMILES string of the molecule is CC1Cc2ncc(O)cc2C(O)C1Cc1ccccc1. The summed E-state index contributed by atoms with van der Waals surface area (Å²) in [5, 5.41) is 20.2. The second kappa shape index (κ2) is 5.25. The molecule has 104 valence electrons. The molecule has 3 unspecified atom stereocenters. The highest BCUT2D eigenvalue weighted by molar-refractivity contribution is 5.33. The van der Waals surface area contributed by atoms with Crippen molar-refractivity contribution in [2.24, 2.45) is 11.8 Å². The quantitative estimate of drug-likeness (QED) is 0.881. The first kappa shape index (κ1) is 13.1. The summed E-state index contributed by atoms with van der Waals surface area (Å²) in [4.78, 5) is 4.25. The first-order chi connectivity index (χ1) is 9.65. The smallest absolute Gasteiger partial charge is 0.134 e. The number of pyridine rings is 1. The van der Waals surface area contributed by atoms with E-state index in [1.165, 1.54) is 11.8 Å². The van der Waals surface area contributed by atoms with Crippen LogP contribution in [0.3, 0.4) is 0 Å². The minimum atomic E-state index is -0.562. The van der Waals surface area contributed by atoms with E-state index < -0.39 is 6.10 Å². The van der Waals surface area contributed by atoms with Crippen molar-refractivity contribution < 1.29 is 10.2 Å². The second-order valence-corrected chi connectivity index (χ2v) is 5.71. The van der Waals surface area contributed by atoms with Crippen LogP contribution >= 0.6 is 0 Å². The standard InChI is InChI=1S/C17H19NO2/c1-11-7-16-15(9-13(19)10-18-16)17(20)14(11)8-12-5-3-2-4-6-12/h2-6,9-11,14,17,19-20H,7-8H2,1H3. The van der Waals surface area contributed by atoms with E-state index in [0.717, 1.165) is 24.1 Å². The van der Waals surface area contributed by atoms with Crippen molar-refractivity contribution in [1.29, 1.82) is 0 Å². The predicted molar refractivity (Wildman–Crippen MR) is 77.4 cm³/mol. The van der Waals surface area contributed by atoms with E-state index >= 15 is 0 Å². The van der Waals surface area contributed by atoms with Crippen molar-refractivity contribution in [2.45, 2.75) is 25.9 Å². The molecule has 1 aliphatic carbocycles. The monoisotopic (exact) mass is 269 g/mol. The van der Waals surface area contributed by atoms with Crippen LogP contribution in [0, 0.1) is 11.8 Å². The molecule has 0 amide bonds. The zero-order valence-electron chi connectivity index (χ0n) is 11.5. The summed E-state index contributed by atoms with van der Waals surface area (Å²) in [6.45, 7) is 2.16. The van der Waals surface area contributed by atoms with Gasteiger partial charge in [-0.15, -0.1) is 0 Å². The first-order valence-electron chi connectivity index (χ1n) is 7.05. The fourth-order valence-corrected chi connectivity index (χ4v) is 3.12. The summed E-state index contributed by atoms with van der Waals surface area (Å²) in [6.07, 6.45) is 2.59. The lowest BCUT2D eigenvalue weighted by molar-refractivity contribution is 0.0631. The lowest BCUT2D eigenvalue weighted by Crippen LogP contribution is -2.30. The van der Waals surface area contributed by atoms with Gasteiger partial charge in [0, 0.05) is 11.3 Å². The average Bonchev–Trinajstić information content (AvgIpc) is 2.46. The van der Waals surface area contributed by atoms with Crippen molar-refractivity contribution in [3.05, 3.63) is 59.4 Å². The van der Waals surface area contributed by atoms with Gasteiger partial charge in [-0.25, -0.2) is 0 Å². The van der Waals surface area contributed by atoms with Gasteiger partial charge in [-0.1, -0.05) is 37.3 Å². The molecule has 2 N–H and O–H groups in total. The Kier molecular flexibility index (Phi) is 3.45. The van der Waals surface area contributed by atoms with Gasteiger partial charge in [0.25, 0.3) is 0 Å². The first-order valence-corrected chi connectivity index (χ1v) is 7.05. The minimum Gasteiger partial charge on any atom is -0.506 e. The lowest BCUT2D eigenvalue weighted by Gasteiger charge is -2.34. The van der Waals surface area contributed by atoms with Crippen LogP contribution in [0.5, 0.6) is 5.75 Å². The molecule has 2 aromatic rings. The third kappa shape index (κ3) is 2.41. The van der Waals surface area contributed by atoms with Crippen molar-refractivity contribution in [3.63, 3.8) is 0 Å². The Hall–Kier alpha value is -1.87. The number of aromatic hydroxyl groups is 1. The number of fused-ring (bicyclic) bond motifs is 1. The summed E-state index contributed by atoms with van der Waals surface area (Å²) >= 11 is 0. The zero-order chi connectivity index (χ0) is 14.1. The number of rotatable bonds is 2. The number of aliphatic hydroxyl groups is 1.